The zero-order chi connectivity index (χ0) is 35.4. The van der Waals surface area contributed by atoms with Crippen LogP contribution in [0, 0.1) is 17.8 Å². The van der Waals surface area contributed by atoms with E-state index in [1.807, 2.05) is 6.08 Å². The smallest absolute Gasteiger partial charge is 0.305 e. The predicted octanol–water partition coefficient (Wildman–Crippen LogP) is 8.36. The lowest BCUT2D eigenvalue weighted by molar-refractivity contribution is -0.152. The van der Waals surface area contributed by atoms with Crippen molar-refractivity contribution in [1.82, 2.24) is 0 Å². The molecule has 1 fully saturated rings. The van der Waals surface area contributed by atoms with Gasteiger partial charge >= 0.3 is 11.9 Å². The molecule has 1 saturated carbocycles. The summed E-state index contributed by atoms with van der Waals surface area (Å²) >= 11 is 0. The van der Waals surface area contributed by atoms with E-state index in [1.165, 1.54) is 57.8 Å². The molecule has 0 spiro atoms. The summed E-state index contributed by atoms with van der Waals surface area (Å²) in [6, 6.07) is 0. The van der Waals surface area contributed by atoms with Crippen molar-refractivity contribution >= 4 is 11.9 Å². The summed E-state index contributed by atoms with van der Waals surface area (Å²) in [7, 11) is 0. The van der Waals surface area contributed by atoms with Crippen LogP contribution in [0.4, 0.5) is 0 Å². The van der Waals surface area contributed by atoms with Gasteiger partial charge in [-0.2, -0.15) is 0 Å². The molecule has 0 aromatic rings. The van der Waals surface area contributed by atoms with Gasteiger partial charge in [0.15, 0.2) is 0 Å². The summed E-state index contributed by atoms with van der Waals surface area (Å²) in [4.78, 5) is 24.1. The number of hydrogen-bond donors (Lipinski definition) is 4. The third-order valence-corrected chi connectivity index (χ3v) is 9.78. The van der Waals surface area contributed by atoms with Gasteiger partial charge in [-0.25, -0.2) is 0 Å². The van der Waals surface area contributed by atoms with Crippen molar-refractivity contribution < 1.29 is 39.5 Å². The summed E-state index contributed by atoms with van der Waals surface area (Å²) in [5.41, 5.74) is 0. The first-order chi connectivity index (χ1) is 23.1. The molecule has 1 rings (SSSR count). The molecule has 8 heteroatoms. The zero-order valence-corrected chi connectivity index (χ0v) is 31.0. The minimum atomic E-state index is -1.03. The van der Waals surface area contributed by atoms with Gasteiger partial charge in [0.25, 0.3) is 0 Å². The second kappa shape index (κ2) is 29.3. The molecule has 1 aliphatic carbocycles. The number of carbonyl (C=O) groups excluding carboxylic acids is 2. The summed E-state index contributed by atoms with van der Waals surface area (Å²) in [5, 5.41) is 41.2. The fraction of sp³-hybridized carbons (Fsp3) is 0.900. The highest BCUT2D eigenvalue weighted by Gasteiger charge is 2.39. The molecular weight excluding hydrogens is 608 g/mol. The Labute approximate surface area is 293 Å². The summed E-state index contributed by atoms with van der Waals surface area (Å²) in [6.07, 6.45) is 24.8. The van der Waals surface area contributed by atoms with Gasteiger partial charge in [0, 0.05) is 25.2 Å². The second-order valence-electron chi connectivity index (χ2n) is 14.9. The Morgan fingerprint density at radius 1 is 0.667 bits per heavy atom. The monoisotopic (exact) mass is 683 g/mol. The molecule has 0 unspecified atom stereocenters. The van der Waals surface area contributed by atoms with E-state index in [-0.39, 0.29) is 43.4 Å². The molecule has 0 aromatic carbocycles. The van der Waals surface area contributed by atoms with Gasteiger partial charge < -0.3 is 29.9 Å². The maximum atomic E-state index is 12.1. The van der Waals surface area contributed by atoms with Crippen molar-refractivity contribution in [3.05, 3.63) is 12.2 Å². The molecule has 1 aliphatic rings. The van der Waals surface area contributed by atoms with Gasteiger partial charge in [0.05, 0.1) is 18.3 Å². The molecule has 282 valence electrons. The fourth-order valence-electron chi connectivity index (χ4n) is 6.72. The first kappa shape index (κ1) is 44.5. The lowest BCUT2D eigenvalue weighted by Gasteiger charge is -2.21. The molecule has 4 N–H and O–H groups in total. The number of esters is 2. The summed E-state index contributed by atoms with van der Waals surface area (Å²) < 4.78 is 10.3. The van der Waals surface area contributed by atoms with Crippen molar-refractivity contribution in [1.29, 1.82) is 0 Å². The Hall–Kier alpha value is -1.48. The van der Waals surface area contributed by atoms with Crippen LogP contribution in [0.2, 0.25) is 0 Å². The standard InChI is InChI=1S/C40H74O8/c1-4-5-17-23-33(41)27-28-36-35(37(43)29-38(36)44)24-19-15-16-21-26-40(46)48-31-34(42)30-47-39(45)25-20-14-12-10-8-6-7-9-11-13-18-22-32(2)3/h27-28,32-38,41-44H,4-26,29-31H2,1-3H3/b28-27+/t33-,34+,35+,36+,37-,38+/m0/s1. The molecule has 0 aliphatic heterocycles. The summed E-state index contributed by atoms with van der Waals surface area (Å²) in [6.45, 7) is 6.36. The van der Waals surface area contributed by atoms with Crippen LogP contribution in [0.1, 0.15) is 175 Å². The normalized spacial score (nSPS) is 20.8. The maximum absolute atomic E-state index is 12.1. The van der Waals surface area contributed by atoms with Crippen LogP contribution < -0.4 is 0 Å². The Morgan fingerprint density at radius 3 is 1.67 bits per heavy atom. The molecule has 0 amide bonds. The van der Waals surface area contributed by atoms with Crippen molar-refractivity contribution in [2.24, 2.45) is 17.8 Å². The van der Waals surface area contributed by atoms with Crippen LogP contribution >= 0.6 is 0 Å². The van der Waals surface area contributed by atoms with E-state index in [1.54, 1.807) is 6.08 Å². The van der Waals surface area contributed by atoms with E-state index >= 15 is 0 Å². The predicted molar refractivity (Wildman–Crippen MR) is 193 cm³/mol. The highest BCUT2D eigenvalue weighted by molar-refractivity contribution is 5.69. The quantitative estimate of drug-likeness (QED) is 0.0326. The van der Waals surface area contributed by atoms with E-state index in [2.05, 4.69) is 20.8 Å². The number of rotatable bonds is 31. The third kappa shape index (κ3) is 23.8. The maximum Gasteiger partial charge on any atom is 0.305 e. The lowest BCUT2D eigenvalue weighted by atomic mass is 9.88. The van der Waals surface area contributed by atoms with Crippen LogP contribution in [0.5, 0.6) is 0 Å². The minimum absolute atomic E-state index is 0.0293. The fourth-order valence-corrected chi connectivity index (χ4v) is 6.72. The number of carbonyl (C=O) groups is 2. The Kier molecular flexibility index (Phi) is 27.2. The number of unbranched alkanes of at least 4 members (excludes halogenated alkanes) is 15. The molecule has 0 saturated heterocycles. The van der Waals surface area contributed by atoms with E-state index in [4.69, 9.17) is 9.47 Å². The van der Waals surface area contributed by atoms with Crippen LogP contribution in [-0.2, 0) is 19.1 Å². The first-order valence-electron chi connectivity index (χ1n) is 19.9. The molecule has 6 atom stereocenters. The van der Waals surface area contributed by atoms with Crippen molar-refractivity contribution in [2.45, 2.75) is 199 Å². The molecule has 48 heavy (non-hydrogen) atoms. The SMILES string of the molecule is CCCCC[C@H](O)/C=C/[C@@H]1[C@@H](CCCCCCC(=O)OC[C@H](O)COC(=O)CCCCCCCCCCCCCC(C)C)[C@@H](O)C[C@H]1O. The molecule has 0 aromatic heterocycles. The Morgan fingerprint density at radius 2 is 1.15 bits per heavy atom. The third-order valence-electron chi connectivity index (χ3n) is 9.78. The molecule has 0 radical (unpaired) electrons. The average molecular weight is 683 g/mol. The highest BCUT2D eigenvalue weighted by Crippen LogP contribution is 2.37. The number of aliphatic hydroxyl groups excluding tert-OH is 4. The molecule has 0 heterocycles. The molecule has 8 nitrogen and oxygen atoms in total. The van der Waals surface area contributed by atoms with Gasteiger partial charge in [-0.05, 0) is 37.5 Å². The van der Waals surface area contributed by atoms with Crippen molar-refractivity contribution in [3.63, 3.8) is 0 Å². The molecular formula is C40H74O8. The van der Waals surface area contributed by atoms with Gasteiger partial charge in [-0.3, -0.25) is 9.59 Å². The van der Waals surface area contributed by atoms with Crippen LogP contribution in [0.3, 0.4) is 0 Å². The van der Waals surface area contributed by atoms with Gasteiger partial charge in [-0.1, -0.05) is 142 Å². The Balaban J connectivity index is 2.01. The van der Waals surface area contributed by atoms with Crippen molar-refractivity contribution in [3.8, 4) is 0 Å². The van der Waals surface area contributed by atoms with E-state index in [0.717, 1.165) is 70.1 Å². The number of hydrogen-bond acceptors (Lipinski definition) is 8. The van der Waals surface area contributed by atoms with E-state index in [0.29, 0.717) is 25.7 Å². The second-order valence-corrected chi connectivity index (χ2v) is 14.9. The largest absolute Gasteiger partial charge is 0.463 e. The van der Waals surface area contributed by atoms with Gasteiger partial charge in [-0.15, -0.1) is 0 Å². The lowest BCUT2D eigenvalue weighted by Crippen LogP contribution is -2.25. The number of ether oxygens (including phenoxy) is 2. The van der Waals surface area contributed by atoms with E-state index < -0.39 is 24.4 Å². The van der Waals surface area contributed by atoms with Crippen LogP contribution in [0.15, 0.2) is 12.2 Å². The minimum Gasteiger partial charge on any atom is -0.463 e. The Bertz CT molecular complexity index is 815. The number of aliphatic hydroxyl groups is 4. The van der Waals surface area contributed by atoms with Crippen LogP contribution in [0.25, 0.3) is 0 Å². The van der Waals surface area contributed by atoms with E-state index in [9.17, 15) is 30.0 Å². The summed E-state index contributed by atoms with van der Waals surface area (Å²) in [5.74, 6) is -0.0514. The first-order valence-corrected chi connectivity index (χ1v) is 19.9. The average Bonchev–Trinajstić information content (AvgIpc) is 3.32. The topological polar surface area (TPSA) is 134 Å². The van der Waals surface area contributed by atoms with Crippen LogP contribution in [-0.4, -0.2) is 70.0 Å². The zero-order valence-electron chi connectivity index (χ0n) is 31.0. The van der Waals surface area contributed by atoms with Gasteiger partial charge in [0.1, 0.15) is 19.3 Å². The van der Waals surface area contributed by atoms with Gasteiger partial charge in [0.2, 0.25) is 0 Å². The highest BCUT2D eigenvalue weighted by atomic mass is 16.6. The van der Waals surface area contributed by atoms with Crippen molar-refractivity contribution in [2.75, 3.05) is 13.2 Å². The molecule has 0 bridgehead atoms.